The quantitative estimate of drug-likeness (QED) is 0.611. The minimum absolute atomic E-state index is 0.454. The first-order valence-electron chi connectivity index (χ1n) is 6.18. The second-order valence-electron chi connectivity index (χ2n) is 4.47. The number of thiazole rings is 1. The van der Waals surface area contributed by atoms with Crippen molar-refractivity contribution in [3.8, 4) is 22.0 Å². The average molecular weight is 341 g/mol. The van der Waals surface area contributed by atoms with Crippen LogP contribution in [0.15, 0.2) is 48.0 Å². The molecule has 3 rings (SSSR count). The highest BCUT2D eigenvalue weighted by atomic mass is 35.5. The van der Waals surface area contributed by atoms with Crippen LogP contribution in [0.5, 0.6) is 0 Å². The first-order chi connectivity index (χ1) is 10.4. The predicted molar refractivity (Wildman–Crippen MR) is 80.8 cm³/mol. The van der Waals surface area contributed by atoms with E-state index in [2.05, 4.69) is 9.97 Å². The van der Waals surface area contributed by atoms with Crippen molar-refractivity contribution in [2.45, 2.75) is 6.18 Å². The number of rotatable bonds is 2. The standard InChI is InChI=1S/C15H8ClF3N2S/c16-11-7-12(21-13(8-11)14-20-5-6-22-14)9-1-3-10(4-2-9)15(17,18)19/h1-8H. The molecule has 0 aliphatic rings. The van der Waals surface area contributed by atoms with Crippen molar-refractivity contribution in [3.05, 3.63) is 58.6 Å². The number of aromatic nitrogens is 2. The molecule has 22 heavy (non-hydrogen) atoms. The molecule has 0 unspecified atom stereocenters. The van der Waals surface area contributed by atoms with Gasteiger partial charge in [0.05, 0.1) is 11.3 Å². The van der Waals surface area contributed by atoms with Gasteiger partial charge in [0, 0.05) is 22.2 Å². The molecule has 0 atom stereocenters. The van der Waals surface area contributed by atoms with E-state index in [-0.39, 0.29) is 0 Å². The summed E-state index contributed by atoms with van der Waals surface area (Å²) >= 11 is 7.49. The predicted octanol–water partition coefficient (Wildman–Crippen LogP) is 5.54. The van der Waals surface area contributed by atoms with E-state index >= 15 is 0 Å². The molecular formula is C15H8ClF3N2S. The zero-order valence-corrected chi connectivity index (χ0v) is 12.5. The summed E-state index contributed by atoms with van der Waals surface area (Å²) < 4.78 is 37.8. The number of halogens is 4. The van der Waals surface area contributed by atoms with Crippen LogP contribution in [0, 0.1) is 0 Å². The molecule has 2 nitrogen and oxygen atoms in total. The molecule has 3 aromatic rings. The monoisotopic (exact) mass is 340 g/mol. The van der Waals surface area contributed by atoms with Crippen molar-refractivity contribution in [1.29, 1.82) is 0 Å². The van der Waals surface area contributed by atoms with E-state index in [1.165, 1.54) is 23.5 Å². The molecule has 0 N–H and O–H groups in total. The van der Waals surface area contributed by atoms with Gasteiger partial charge in [-0.2, -0.15) is 13.2 Å². The van der Waals surface area contributed by atoms with Gasteiger partial charge >= 0.3 is 6.18 Å². The highest BCUT2D eigenvalue weighted by Crippen LogP contribution is 2.32. The number of hydrogen-bond acceptors (Lipinski definition) is 3. The zero-order valence-electron chi connectivity index (χ0n) is 10.9. The van der Waals surface area contributed by atoms with Crippen LogP contribution in [0.25, 0.3) is 22.0 Å². The highest BCUT2D eigenvalue weighted by molar-refractivity contribution is 7.13. The largest absolute Gasteiger partial charge is 0.416 e. The van der Waals surface area contributed by atoms with Crippen molar-refractivity contribution in [3.63, 3.8) is 0 Å². The molecule has 0 aliphatic heterocycles. The van der Waals surface area contributed by atoms with Gasteiger partial charge in [0.1, 0.15) is 10.7 Å². The van der Waals surface area contributed by atoms with Crippen molar-refractivity contribution in [2.24, 2.45) is 0 Å². The molecule has 0 spiro atoms. The second-order valence-corrected chi connectivity index (χ2v) is 5.80. The summed E-state index contributed by atoms with van der Waals surface area (Å²) in [7, 11) is 0. The Morgan fingerprint density at radius 3 is 2.27 bits per heavy atom. The Hall–Kier alpha value is -1.92. The van der Waals surface area contributed by atoms with Crippen molar-refractivity contribution < 1.29 is 13.2 Å². The summed E-state index contributed by atoms with van der Waals surface area (Å²) in [5, 5.41) is 2.97. The lowest BCUT2D eigenvalue weighted by atomic mass is 10.1. The number of benzene rings is 1. The molecule has 0 bridgehead atoms. The summed E-state index contributed by atoms with van der Waals surface area (Å²) in [5.74, 6) is 0. The van der Waals surface area contributed by atoms with Crippen LogP contribution < -0.4 is 0 Å². The topological polar surface area (TPSA) is 25.8 Å². The zero-order chi connectivity index (χ0) is 15.7. The SMILES string of the molecule is FC(F)(F)c1ccc(-c2cc(Cl)cc(-c3nccs3)n2)cc1. The normalized spacial score (nSPS) is 11.6. The van der Waals surface area contributed by atoms with Gasteiger partial charge in [-0.3, -0.25) is 0 Å². The molecule has 1 aromatic carbocycles. The van der Waals surface area contributed by atoms with E-state index in [9.17, 15) is 13.2 Å². The Morgan fingerprint density at radius 2 is 1.68 bits per heavy atom. The fourth-order valence-electron chi connectivity index (χ4n) is 1.93. The van der Waals surface area contributed by atoms with Crippen LogP contribution in [0.3, 0.4) is 0 Å². The summed E-state index contributed by atoms with van der Waals surface area (Å²) in [6.07, 6.45) is -2.70. The van der Waals surface area contributed by atoms with Gasteiger partial charge in [-0.1, -0.05) is 23.7 Å². The van der Waals surface area contributed by atoms with E-state index < -0.39 is 11.7 Å². The van der Waals surface area contributed by atoms with Gasteiger partial charge in [-0.15, -0.1) is 11.3 Å². The third-order valence-corrected chi connectivity index (χ3v) is 3.96. The van der Waals surface area contributed by atoms with Crippen LogP contribution in [-0.2, 0) is 6.18 Å². The summed E-state index contributed by atoms with van der Waals surface area (Å²) in [5.41, 5.74) is 0.968. The number of pyridine rings is 1. The summed E-state index contributed by atoms with van der Waals surface area (Å²) in [6.45, 7) is 0. The number of hydrogen-bond donors (Lipinski definition) is 0. The first-order valence-corrected chi connectivity index (χ1v) is 7.44. The molecule has 0 saturated heterocycles. The van der Waals surface area contributed by atoms with Gasteiger partial charge in [0.25, 0.3) is 0 Å². The first kappa shape index (κ1) is 15.0. The second kappa shape index (κ2) is 5.70. The lowest BCUT2D eigenvalue weighted by Gasteiger charge is -2.08. The minimum atomic E-state index is -4.35. The third-order valence-electron chi connectivity index (χ3n) is 2.95. The van der Waals surface area contributed by atoms with E-state index in [4.69, 9.17) is 11.6 Å². The van der Waals surface area contributed by atoms with Crippen molar-refractivity contribution >= 4 is 22.9 Å². The van der Waals surface area contributed by atoms with Gasteiger partial charge in [-0.25, -0.2) is 9.97 Å². The molecule has 0 aliphatic carbocycles. The van der Waals surface area contributed by atoms with E-state index in [0.717, 1.165) is 12.1 Å². The smallest absolute Gasteiger partial charge is 0.245 e. The maximum Gasteiger partial charge on any atom is 0.416 e. The lowest BCUT2D eigenvalue weighted by molar-refractivity contribution is -0.137. The molecule has 112 valence electrons. The maximum atomic E-state index is 12.6. The van der Waals surface area contributed by atoms with E-state index in [1.54, 1.807) is 18.3 Å². The Kier molecular flexibility index (Phi) is 3.88. The van der Waals surface area contributed by atoms with Crippen LogP contribution in [0.2, 0.25) is 5.02 Å². The van der Waals surface area contributed by atoms with Crippen molar-refractivity contribution in [1.82, 2.24) is 9.97 Å². The third kappa shape index (κ3) is 3.13. The Balaban J connectivity index is 2.01. The van der Waals surface area contributed by atoms with Gasteiger partial charge < -0.3 is 0 Å². The molecule has 0 radical (unpaired) electrons. The summed E-state index contributed by atoms with van der Waals surface area (Å²) in [6, 6.07) is 8.11. The summed E-state index contributed by atoms with van der Waals surface area (Å²) in [4.78, 5) is 8.58. The molecule has 0 amide bonds. The molecule has 0 saturated carbocycles. The van der Waals surface area contributed by atoms with Gasteiger partial charge in [-0.05, 0) is 24.3 Å². The van der Waals surface area contributed by atoms with E-state index in [0.29, 0.717) is 27.0 Å². The highest BCUT2D eigenvalue weighted by Gasteiger charge is 2.30. The lowest BCUT2D eigenvalue weighted by Crippen LogP contribution is -2.04. The molecule has 7 heteroatoms. The van der Waals surface area contributed by atoms with Crippen LogP contribution in [0.1, 0.15) is 5.56 Å². The van der Waals surface area contributed by atoms with Crippen LogP contribution in [-0.4, -0.2) is 9.97 Å². The molecule has 0 fully saturated rings. The molecule has 2 heterocycles. The maximum absolute atomic E-state index is 12.6. The number of alkyl halides is 3. The minimum Gasteiger partial charge on any atom is -0.245 e. The number of nitrogens with zero attached hydrogens (tertiary/aromatic N) is 2. The van der Waals surface area contributed by atoms with E-state index in [1.807, 2.05) is 5.38 Å². The Labute approximate surface area is 133 Å². The Morgan fingerprint density at radius 1 is 1.00 bits per heavy atom. The Bertz CT molecular complexity index is 784. The fraction of sp³-hybridized carbons (Fsp3) is 0.0667. The van der Waals surface area contributed by atoms with Crippen molar-refractivity contribution in [2.75, 3.05) is 0 Å². The fourth-order valence-corrected chi connectivity index (χ4v) is 2.74. The van der Waals surface area contributed by atoms with Crippen LogP contribution in [0.4, 0.5) is 13.2 Å². The molecule has 2 aromatic heterocycles. The average Bonchev–Trinajstić information content (AvgIpc) is 3.00. The van der Waals surface area contributed by atoms with Gasteiger partial charge in [0.15, 0.2) is 0 Å². The van der Waals surface area contributed by atoms with Gasteiger partial charge in [0.2, 0.25) is 0 Å². The van der Waals surface area contributed by atoms with Crippen LogP contribution >= 0.6 is 22.9 Å². The molecular weight excluding hydrogens is 333 g/mol.